The quantitative estimate of drug-likeness (QED) is 0.704. The second-order valence-corrected chi connectivity index (χ2v) is 5.45. The van der Waals surface area contributed by atoms with Crippen LogP contribution in [0.2, 0.25) is 0 Å². The molecule has 2 heterocycles. The van der Waals surface area contributed by atoms with Gasteiger partial charge in [0.25, 0.3) is 5.91 Å². The van der Waals surface area contributed by atoms with Crippen molar-refractivity contribution in [3.63, 3.8) is 0 Å². The molecule has 0 aliphatic rings. The number of thiazole rings is 1. The van der Waals surface area contributed by atoms with Crippen LogP contribution in [0.1, 0.15) is 17.0 Å². The fraction of sp³-hybridized carbons (Fsp3) is 0.154. The van der Waals surface area contributed by atoms with E-state index in [9.17, 15) is 22.4 Å². The van der Waals surface area contributed by atoms with E-state index in [-0.39, 0.29) is 21.3 Å². The van der Waals surface area contributed by atoms with Gasteiger partial charge in [-0.2, -0.15) is 27.3 Å². The van der Waals surface area contributed by atoms with E-state index in [4.69, 9.17) is 0 Å². The Balaban J connectivity index is 1.82. The Morgan fingerprint density at radius 3 is 2.75 bits per heavy atom. The summed E-state index contributed by atoms with van der Waals surface area (Å²) >= 11 is 0.993. The van der Waals surface area contributed by atoms with Gasteiger partial charge in [0.2, 0.25) is 0 Å². The lowest BCUT2D eigenvalue weighted by atomic mass is 10.3. The number of hydrogen-bond donors (Lipinski definition) is 1. The number of nitrogens with one attached hydrogen (secondary N) is 1. The highest BCUT2D eigenvalue weighted by atomic mass is 32.1. The minimum Gasteiger partial charge on any atom is -0.435 e. The van der Waals surface area contributed by atoms with Crippen LogP contribution in [0.4, 0.5) is 22.7 Å². The summed E-state index contributed by atoms with van der Waals surface area (Å²) in [5.74, 6) is -0.856. The summed E-state index contributed by atoms with van der Waals surface area (Å²) in [4.78, 5) is 16.1. The van der Waals surface area contributed by atoms with Gasteiger partial charge >= 0.3 is 13.2 Å². The first-order valence-corrected chi connectivity index (χ1v) is 7.24. The second kappa shape index (κ2) is 6.43. The fourth-order valence-electron chi connectivity index (χ4n) is 1.95. The lowest BCUT2D eigenvalue weighted by Gasteiger charge is -2.04. The van der Waals surface area contributed by atoms with Gasteiger partial charge in [-0.1, -0.05) is 11.3 Å². The molecular formula is C13H8F4N4O2S. The first kappa shape index (κ1) is 16.2. The largest absolute Gasteiger partial charge is 0.435 e. The zero-order valence-electron chi connectivity index (χ0n) is 11.6. The number of aromatic nitrogens is 3. The van der Waals surface area contributed by atoms with E-state index < -0.39 is 19.1 Å². The molecule has 1 N–H and O–H groups in total. The molecule has 0 aliphatic carbocycles. The molecule has 1 amide bonds. The molecule has 126 valence electrons. The third-order valence-electron chi connectivity index (χ3n) is 2.89. The van der Waals surface area contributed by atoms with Gasteiger partial charge in [0.1, 0.15) is 11.4 Å². The van der Waals surface area contributed by atoms with Gasteiger partial charge in [0.15, 0.2) is 5.13 Å². The average molecular weight is 360 g/mol. The number of rotatable bonds is 5. The third-order valence-corrected chi connectivity index (χ3v) is 3.83. The maximum Gasteiger partial charge on any atom is 0.387 e. The van der Waals surface area contributed by atoms with Gasteiger partial charge in [-0.15, -0.1) is 0 Å². The number of carbonyl (C=O) groups is 1. The summed E-state index contributed by atoms with van der Waals surface area (Å²) in [5, 5.41) is 5.87. The summed E-state index contributed by atoms with van der Waals surface area (Å²) in [5.41, 5.74) is 0.116. The number of carbonyl (C=O) groups excluding carboxylic acids is 1. The molecule has 0 saturated heterocycles. The van der Waals surface area contributed by atoms with Crippen molar-refractivity contribution in [1.82, 2.24) is 14.8 Å². The number of alkyl halides is 4. The van der Waals surface area contributed by atoms with E-state index >= 15 is 0 Å². The van der Waals surface area contributed by atoms with Gasteiger partial charge in [-0.25, -0.2) is 4.98 Å². The Labute approximate surface area is 135 Å². The first-order chi connectivity index (χ1) is 11.4. The zero-order chi connectivity index (χ0) is 17.3. The molecule has 0 aliphatic heterocycles. The summed E-state index contributed by atoms with van der Waals surface area (Å²) in [6.45, 7) is -5.91. The summed E-state index contributed by atoms with van der Waals surface area (Å²) in [6, 6.07) is 5.25. The number of ether oxygens (including phenoxy) is 1. The molecule has 2 aromatic heterocycles. The smallest absolute Gasteiger partial charge is 0.387 e. The van der Waals surface area contributed by atoms with Crippen molar-refractivity contribution < 1.29 is 27.1 Å². The Kier molecular flexibility index (Phi) is 4.34. The van der Waals surface area contributed by atoms with Gasteiger partial charge < -0.3 is 4.74 Å². The Bertz CT molecular complexity index is 880. The molecule has 0 unspecified atom stereocenters. The van der Waals surface area contributed by atoms with Crippen molar-refractivity contribution in [3.05, 3.63) is 36.2 Å². The molecule has 0 fully saturated rings. The van der Waals surface area contributed by atoms with Crippen LogP contribution in [0.5, 0.6) is 5.75 Å². The van der Waals surface area contributed by atoms with Gasteiger partial charge in [-0.3, -0.25) is 10.1 Å². The van der Waals surface area contributed by atoms with Crippen molar-refractivity contribution in [3.8, 4) is 5.75 Å². The molecule has 24 heavy (non-hydrogen) atoms. The van der Waals surface area contributed by atoms with Gasteiger partial charge in [-0.05, 0) is 24.3 Å². The minimum atomic E-state index is -2.95. The second-order valence-electron chi connectivity index (χ2n) is 4.42. The van der Waals surface area contributed by atoms with E-state index in [0.29, 0.717) is 10.2 Å². The highest BCUT2D eigenvalue weighted by Gasteiger charge is 2.19. The molecule has 1 aromatic carbocycles. The molecule has 0 spiro atoms. The Hall–Kier alpha value is -2.69. The predicted molar refractivity (Wildman–Crippen MR) is 77.7 cm³/mol. The number of fused-ring (bicyclic) bond motifs is 1. The van der Waals surface area contributed by atoms with E-state index in [1.54, 1.807) is 0 Å². The maximum atomic E-state index is 12.7. The zero-order valence-corrected chi connectivity index (χ0v) is 12.4. The Morgan fingerprint density at radius 1 is 1.25 bits per heavy atom. The molecule has 11 heteroatoms. The van der Waals surface area contributed by atoms with Crippen LogP contribution in [-0.2, 0) is 0 Å². The average Bonchev–Trinajstić information content (AvgIpc) is 3.11. The SMILES string of the molecule is O=C(Nc1nc2ccc(OC(F)F)cc2s1)c1ccnn1C(F)F. The van der Waals surface area contributed by atoms with Crippen LogP contribution in [-0.4, -0.2) is 27.3 Å². The van der Waals surface area contributed by atoms with Gasteiger partial charge in [0.05, 0.1) is 10.2 Å². The highest BCUT2D eigenvalue weighted by Crippen LogP contribution is 2.30. The van der Waals surface area contributed by atoms with Crippen LogP contribution in [0.25, 0.3) is 10.2 Å². The number of benzene rings is 1. The standard InChI is InChI=1S/C13H8F4N4O2S/c14-11(15)21-8(3-4-18-21)10(22)20-13-19-7-2-1-6(23-12(16)17)5-9(7)24-13/h1-5,11-12H,(H,19,20,22). The lowest BCUT2D eigenvalue weighted by Crippen LogP contribution is -2.18. The van der Waals surface area contributed by atoms with Crippen LogP contribution < -0.4 is 10.1 Å². The number of halogens is 4. The molecule has 0 bridgehead atoms. The third kappa shape index (κ3) is 3.30. The minimum absolute atomic E-state index is 0.0465. The van der Waals surface area contributed by atoms with Gasteiger partial charge in [0, 0.05) is 6.20 Å². The number of anilines is 1. The van der Waals surface area contributed by atoms with Crippen LogP contribution in [0.15, 0.2) is 30.5 Å². The molecule has 6 nitrogen and oxygen atoms in total. The van der Waals surface area contributed by atoms with Crippen LogP contribution in [0, 0.1) is 0 Å². The van der Waals surface area contributed by atoms with E-state index in [2.05, 4.69) is 20.1 Å². The molecule has 0 atom stereocenters. The van der Waals surface area contributed by atoms with Crippen LogP contribution in [0.3, 0.4) is 0 Å². The van der Waals surface area contributed by atoms with E-state index in [0.717, 1.165) is 23.6 Å². The topological polar surface area (TPSA) is 69.0 Å². The van der Waals surface area contributed by atoms with E-state index in [1.807, 2.05) is 0 Å². The van der Waals surface area contributed by atoms with Crippen LogP contribution >= 0.6 is 11.3 Å². The number of amides is 1. The predicted octanol–water partition coefficient (Wildman–Crippen LogP) is 3.74. The molecule has 3 rings (SSSR count). The summed E-state index contributed by atoms with van der Waals surface area (Å²) < 4.78 is 54.9. The lowest BCUT2D eigenvalue weighted by molar-refractivity contribution is -0.0497. The molecule has 0 radical (unpaired) electrons. The van der Waals surface area contributed by atoms with E-state index in [1.165, 1.54) is 18.2 Å². The maximum absolute atomic E-state index is 12.7. The number of nitrogens with zero attached hydrogens (tertiary/aromatic N) is 3. The molecule has 0 saturated carbocycles. The molecular weight excluding hydrogens is 352 g/mol. The monoisotopic (exact) mass is 360 g/mol. The normalized spacial score (nSPS) is 11.4. The van der Waals surface area contributed by atoms with Crippen molar-refractivity contribution >= 4 is 32.6 Å². The highest BCUT2D eigenvalue weighted by molar-refractivity contribution is 7.22. The van der Waals surface area contributed by atoms with Crippen molar-refractivity contribution in [1.29, 1.82) is 0 Å². The molecule has 3 aromatic rings. The fourth-order valence-corrected chi connectivity index (χ4v) is 2.83. The first-order valence-electron chi connectivity index (χ1n) is 6.42. The van der Waals surface area contributed by atoms with Crippen molar-refractivity contribution in [2.24, 2.45) is 0 Å². The summed E-state index contributed by atoms with van der Waals surface area (Å²) in [6.07, 6.45) is 1.08. The summed E-state index contributed by atoms with van der Waals surface area (Å²) in [7, 11) is 0. The Morgan fingerprint density at radius 2 is 2.04 bits per heavy atom. The number of hydrogen-bond acceptors (Lipinski definition) is 5. The van der Waals surface area contributed by atoms with Crippen molar-refractivity contribution in [2.75, 3.05) is 5.32 Å². The van der Waals surface area contributed by atoms with Crippen molar-refractivity contribution in [2.45, 2.75) is 13.2 Å².